The lowest BCUT2D eigenvalue weighted by Gasteiger charge is -2.05. The molecule has 0 radical (unpaired) electrons. The Bertz CT molecular complexity index is 308. The molecule has 0 fully saturated rings. The van der Waals surface area contributed by atoms with Gasteiger partial charge in [0.15, 0.2) is 0 Å². The Kier molecular flexibility index (Phi) is 4.60. The highest BCUT2D eigenvalue weighted by Gasteiger charge is 1.98. The number of rotatable bonds is 6. The number of nitrogens with two attached hydrogens (primary N) is 1. The van der Waals surface area contributed by atoms with E-state index in [1.807, 2.05) is 0 Å². The molecule has 0 bridgehead atoms. The molecule has 15 heavy (non-hydrogen) atoms. The normalized spacial score (nSPS) is 9.93. The van der Waals surface area contributed by atoms with Gasteiger partial charge in [-0.15, -0.1) is 0 Å². The van der Waals surface area contributed by atoms with Gasteiger partial charge in [-0.2, -0.15) is 0 Å². The average molecular weight is 207 g/mol. The lowest BCUT2D eigenvalue weighted by Crippen LogP contribution is -2.12. The van der Waals surface area contributed by atoms with Crippen LogP contribution in [0.3, 0.4) is 0 Å². The molecule has 1 aromatic heterocycles. The van der Waals surface area contributed by atoms with Crippen LogP contribution in [0.2, 0.25) is 0 Å². The van der Waals surface area contributed by atoms with Crippen LogP contribution in [-0.4, -0.2) is 17.4 Å². The van der Waals surface area contributed by atoms with Crippen LogP contribution in [0.25, 0.3) is 0 Å². The molecule has 4 heteroatoms. The minimum absolute atomic E-state index is 0.0208. The zero-order valence-electron chi connectivity index (χ0n) is 8.99. The first-order valence-corrected chi connectivity index (χ1v) is 5.17. The molecule has 0 aromatic carbocycles. The van der Waals surface area contributed by atoms with Crippen LogP contribution >= 0.6 is 0 Å². The molecule has 0 aliphatic heterocycles. The topological polar surface area (TPSA) is 72.0 Å². The molecule has 0 unspecified atom stereocenters. The lowest BCUT2D eigenvalue weighted by atomic mass is 10.3. The molecule has 0 spiro atoms. The Balaban J connectivity index is 2.39. The van der Waals surface area contributed by atoms with E-state index in [-0.39, 0.29) is 5.84 Å². The Morgan fingerprint density at radius 1 is 1.47 bits per heavy atom. The summed E-state index contributed by atoms with van der Waals surface area (Å²) in [5, 5.41) is 7.17. The van der Waals surface area contributed by atoms with Crippen molar-refractivity contribution in [2.45, 2.75) is 26.2 Å². The van der Waals surface area contributed by atoms with Gasteiger partial charge in [0.1, 0.15) is 17.3 Å². The van der Waals surface area contributed by atoms with Gasteiger partial charge in [-0.1, -0.05) is 19.8 Å². The van der Waals surface area contributed by atoms with Gasteiger partial charge in [0, 0.05) is 0 Å². The van der Waals surface area contributed by atoms with Crippen molar-refractivity contribution in [2.24, 2.45) is 5.73 Å². The average Bonchev–Trinajstić information content (AvgIpc) is 2.25. The number of nitrogens with one attached hydrogen (secondary N) is 1. The molecule has 0 amide bonds. The minimum atomic E-state index is -0.0208. The number of nitrogens with zero attached hydrogens (tertiary/aromatic N) is 1. The third kappa shape index (κ3) is 3.97. The molecule has 0 saturated heterocycles. The SMILES string of the molecule is CCCCCOc1ccc(C(=N)N)nc1. The largest absolute Gasteiger partial charge is 0.492 e. The van der Waals surface area contributed by atoms with E-state index in [4.69, 9.17) is 15.9 Å². The van der Waals surface area contributed by atoms with E-state index in [0.717, 1.165) is 18.8 Å². The predicted molar refractivity (Wildman–Crippen MR) is 60.3 cm³/mol. The highest BCUT2D eigenvalue weighted by Crippen LogP contribution is 2.09. The maximum Gasteiger partial charge on any atom is 0.141 e. The number of pyridine rings is 1. The zero-order chi connectivity index (χ0) is 11.1. The molecular formula is C11H17N3O. The third-order valence-corrected chi connectivity index (χ3v) is 2.03. The van der Waals surface area contributed by atoms with E-state index in [2.05, 4.69) is 11.9 Å². The van der Waals surface area contributed by atoms with E-state index >= 15 is 0 Å². The van der Waals surface area contributed by atoms with E-state index in [0.29, 0.717) is 5.69 Å². The molecule has 0 atom stereocenters. The number of aromatic nitrogens is 1. The summed E-state index contributed by atoms with van der Waals surface area (Å²) in [7, 11) is 0. The number of amidine groups is 1. The summed E-state index contributed by atoms with van der Waals surface area (Å²) in [6.07, 6.45) is 5.03. The molecular weight excluding hydrogens is 190 g/mol. The number of nitrogen functional groups attached to an aromatic ring is 1. The molecule has 0 aliphatic carbocycles. The summed E-state index contributed by atoms with van der Waals surface area (Å²) in [6.45, 7) is 2.87. The summed E-state index contributed by atoms with van der Waals surface area (Å²) in [5.74, 6) is 0.712. The van der Waals surface area contributed by atoms with Gasteiger partial charge in [0.2, 0.25) is 0 Å². The summed E-state index contributed by atoms with van der Waals surface area (Å²) < 4.78 is 5.47. The summed E-state index contributed by atoms with van der Waals surface area (Å²) in [6, 6.07) is 3.48. The first kappa shape index (κ1) is 11.5. The molecule has 82 valence electrons. The van der Waals surface area contributed by atoms with E-state index in [9.17, 15) is 0 Å². The van der Waals surface area contributed by atoms with E-state index in [1.165, 1.54) is 12.8 Å². The number of hydrogen-bond donors (Lipinski definition) is 2. The van der Waals surface area contributed by atoms with Gasteiger partial charge < -0.3 is 10.5 Å². The Labute approximate surface area is 90.0 Å². The fourth-order valence-electron chi connectivity index (χ4n) is 1.17. The van der Waals surface area contributed by atoms with Crippen molar-refractivity contribution < 1.29 is 4.74 Å². The third-order valence-electron chi connectivity index (χ3n) is 2.03. The monoisotopic (exact) mass is 207 g/mol. The lowest BCUT2D eigenvalue weighted by molar-refractivity contribution is 0.305. The van der Waals surface area contributed by atoms with Crippen molar-refractivity contribution in [3.05, 3.63) is 24.0 Å². The first-order valence-electron chi connectivity index (χ1n) is 5.17. The van der Waals surface area contributed by atoms with Crippen molar-refractivity contribution in [1.29, 1.82) is 5.41 Å². The van der Waals surface area contributed by atoms with Gasteiger partial charge in [0.25, 0.3) is 0 Å². The van der Waals surface area contributed by atoms with Crippen molar-refractivity contribution in [2.75, 3.05) is 6.61 Å². The molecule has 1 rings (SSSR count). The van der Waals surface area contributed by atoms with Crippen LogP contribution < -0.4 is 10.5 Å². The molecule has 1 aromatic rings. The quantitative estimate of drug-likeness (QED) is 0.425. The van der Waals surface area contributed by atoms with Crippen molar-refractivity contribution in [1.82, 2.24) is 4.98 Å². The van der Waals surface area contributed by atoms with Gasteiger partial charge in [-0.25, -0.2) is 4.98 Å². The van der Waals surface area contributed by atoms with Crippen molar-refractivity contribution in [3.8, 4) is 5.75 Å². The predicted octanol–water partition coefficient (Wildman–Crippen LogP) is 1.93. The molecule has 0 saturated carbocycles. The number of hydrogen-bond acceptors (Lipinski definition) is 3. The molecule has 4 nitrogen and oxygen atoms in total. The van der Waals surface area contributed by atoms with Gasteiger partial charge in [0.05, 0.1) is 12.8 Å². The minimum Gasteiger partial charge on any atom is -0.492 e. The highest BCUT2D eigenvalue weighted by molar-refractivity contribution is 5.92. The Morgan fingerprint density at radius 3 is 2.80 bits per heavy atom. The van der Waals surface area contributed by atoms with Crippen LogP contribution in [0.15, 0.2) is 18.3 Å². The van der Waals surface area contributed by atoms with Gasteiger partial charge >= 0.3 is 0 Å². The van der Waals surface area contributed by atoms with Crippen LogP contribution in [0, 0.1) is 5.41 Å². The zero-order valence-corrected chi connectivity index (χ0v) is 8.99. The van der Waals surface area contributed by atoms with Crippen LogP contribution in [0.5, 0.6) is 5.75 Å². The number of unbranched alkanes of at least 4 members (excludes halogenated alkanes) is 2. The second-order valence-electron chi connectivity index (χ2n) is 3.35. The van der Waals surface area contributed by atoms with Crippen molar-refractivity contribution >= 4 is 5.84 Å². The van der Waals surface area contributed by atoms with Gasteiger partial charge in [-0.05, 0) is 18.6 Å². The fourth-order valence-corrected chi connectivity index (χ4v) is 1.17. The second kappa shape index (κ2) is 6.01. The maximum atomic E-state index is 7.17. The number of ether oxygens (including phenoxy) is 1. The van der Waals surface area contributed by atoms with Gasteiger partial charge in [-0.3, -0.25) is 5.41 Å². The van der Waals surface area contributed by atoms with Crippen LogP contribution in [-0.2, 0) is 0 Å². The fraction of sp³-hybridized carbons (Fsp3) is 0.455. The molecule has 1 heterocycles. The van der Waals surface area contributed by atoms with E-state index < -0.39 is 0 Å². The summed E-state index contributed by atoms with van der Waals surface area (Å²) in [5.41, 5.74) is 5.77. The maximum absolute atomic E-state index is 7.17. The first-order chi connectivity index (χ1) is 7.24. The molecule has 3 N–H and O–H groups in total. The smallest absolute Gasteiger partial charge is 0.141 e. The Hall–Kier alpha value is -1.58. The second-order valence-corrected chi connectivity index (χ2v) is 3.35. The summed E-state index contributed by atoms with van der Waals surface area (Å²) >= 11 is 0. The van der Waals surface area contributed by atoms with Crippen LogP contribution in [0.1, 0.15) is 31.9 Å². The molecule has 0 aliphatic rings. The van der Waals surface area contributed by atoms with Crippen molar-refractivity contribution in [3.63, 3.8) is 0 Å². The summed E-state index contributed by atoms with van der Waals surface area (Å²) in [4.78, 5) is 4.00. The standard InChI is InChI=1S/C11H17N3O/c1-2-3-4-7-15-9-5-6-10(11(12)13)14-8-9/h5-6,8H,2-4,7H2,1H3,(H3,12,13). The van der Waals surface area contributed by atoms with Crippen LogP contribution in [0.4, 0.5) is 0 Å². The highest BCUT2D eigenvalue weighted by atomic mass is 16.5. The van der Waals surface area contributed by atoms with E-state index in [1.54, 1.807) is 18.3 Å². The Morgan fingerprint density at radius 2 is 2.27 bits per heavy atom.